The SMILES string of the molecule is CCCCC/C=C/C/C=C/C/C=C/CCCCCCC(=O)OC[C@@H](COC(=O)CCCCCCC/C=C/CCCCCCC)OC(=O)CCCCCCCCC/C=C/CCCCCCCC. The van der Waals surface area contributed by atoms with Gasteiger partial charge >= 0.3 is 17.9 Å². The van der Waals surface area contributed by atoms with Gasteiger partial charge < -0.3 is 14.2 Å². The lowest BCUT2D eigenvalue weighted by molar-refractivity contribution is -0.167. The number of allylic oxidation sites excluding steroid dienone is 10. The van der Waals surface area contributed by atoms with Crippen LogP contribution in [0.3, 0.4) is 0 Å². The second kappa shape index (κ2) is 54.7. The summed E-state index contributed by atoms with van der Waals surface area (Å²) in [6.07, 6.45) is 67.7. The van der Waals surface area contributed by atoms with Crippen LogP contribution in [0.2, 0.25) is 0 Å². The third-order valence-electron chi connectivity index (χ3n) is 12.2. The predicted molar refractivity (Wildman–Crippen MR) is 284 cm³/mol. The van der Waals surface area contributed by atoms with E-state index in [-0.39, 0.29) is 31.1 Å². The maximum atomic E-state index is 12.8. The molecule has 0 aliphatic carbocycles. The minimum atomic E-state index is -0.789. The second-order valence-electron chi connectivity index (χ2n) is 18.8. The Morgan fingerprint density at radius 2 is 0.545 bits per heavy atom. The molecule has 0 aromatic carbocycles. The number of ether oxygens (including phenoxy) is 3. The van der Waals surface area contributed by atoms with Crippen molar-refractivity contribution in [3.05, 3.63) is 60.8 Å². The zero-order valence-electron chi connectivity index (χ0n) is 43.7. The molecule has 0 N–H and O–H groups in total. The molecule has 0 saturated heterocycles. The minimum absolute atomic E-state index is 0.0868. The van der Waals surface area contributed by atoms with Crippen LogP contribution in [0.4, 0.5) is 0 Å². The zero-order chi connectivity index (χ0) is 47.9. The van der Waals surface area contributed by atoms with Crippen molar-refractivity contribution in [1.82, 2.24) is 0 Å². The van der Waals surface area contributed by atoms with E-state index < -0.39 is 6.10 Å². The quantitative estimate of drug-likeness (QED) is 0.0262. The highest BCUT2D eigenvalue weighted by Gasteiger charge is 2.19. The molecule has 0 aromatic heterocycles. The Labute approximate surface area is 409 Å². The first-order chi connectivity index (χ1) is 32.5. The lowest BCUT2D eigenvalue weighted by Gasteiger charge is -2.18. The van der Waals surface area contributed by atoms with Crippen molar-refractivity contribution < 1.29 is 28.6 Å². The van der Waals surface area contributed by atoms with E-state index in [0.717, 1.165) is 89.9 Å². The van der Waals surface area contributed by atoms with Crippen LogP contribution in [-0.2, 0) is 28.6 Å². The summed E-state index contributed by atoms with van der Waals surface area (Å²) in [6, 6.07) is 0. The molecule has 6 nitrogen and oxygen atoms in total. The van der Waals surface area contributed by atoms with Crippen LogP contribution in [0.25, 0.3) is 0 Å². The minimum Gasteiger partial charge on any atom is -0.462 e. The Bertz CT molecular complexity index is 1200. The van der Waals surface area contributed by atoms with E-state index in [1.165, 1.54) is 154 Å². The summed E-state index contributed by atoms with van der Waals surface area (Å²) in [7, 11) is 0. The van der Waals surface area contributed by atoms with Gasteiger partial charge in [-0.25, -0.2) is 0 Å². The smallest absolute Gasteiger partial charge is 0.306 e. The fourth-order valence-corrected chi connectivity index (χ4v) is 7.91. The molecule has 0 fully saturated rings. The van der Waals surface area contributed by atoms with Crippen LogP contribution >= 0.6 is 0 Å². The Hall–Kier alpha value is -2.89. The van der Waals surface area contributed by atoms with Gasteiger partial charge in [0, 0.05) is 19.3 Å². The largest absolute Gasteiger partial charge is 0.462 e. The average molecular weight is 924 g/mol. The Kier molecular flexibility index (Phi) is 52.3. The molecule has 0 bridgehead atoms. The number of carbonyl (C=O) groups excluding carboxylic acids is 3. The van der Waals surface area contributed by atoms with Crippen molar-refractivity contribution in [3.63, 3.8) is 0 Å². The van der Waals surface area contributed by atoms with Gasteiger partial charge in [-0.05, 0) is 109 Å². The van der Waals surface area contributed by atoms with Gasteiger partial charge in [0.2, 0.25) is 0 Å². The van der Waals surface area contributed by atoms with Crippen molar-refractivity contribution in [3.8, 4) is 0 Å². The summed E-state index contributed by atoms with van der Waals surface area (Å²) in [5, 5.41) is 0. The number of hydrogen-bond acceptors (Lipinski definition) is 6. The lowest BCUT2D eigenvalue weighted by atomic mass is 10.1. The highest BCUT2D eigenvalue weighted by Crippen LogP contribution is 2.15. The molecule has 0 heterocycles. The van der Waals surface area contributed by atoms with Gasteiger partial charge in [0.15, 0.2) is 6.10 Å². The Morgan fingerprint density at radius 3 is 0.894 bits per heavy atom. The van der Waals surface area contributed by atoms with Gasteiger partial charge in [-0.3, -0.25) is 14.4 Å². The normalized spacial score (nSPS) is 12.5. The fraction of sp³-hybridized carbons (Fsp3) is 0.783. The van der Waals surface area contributed by atoms with Crippen molar-refractivity contribution >= 4 is 17.9 Å². The van der Waals surface area contributed by atoms with Gasteiger partial charge in [0.05, 0.1) is 0 Å². The highest BCUT2D eigenvalue weighted by atomic mass is 16.6. The predicted octanol–water partition coefficient (Wildman–Crippen LogP) is 18.8. The van der Waals surface area contributed by atoms with E-state index >= 15 is 0 Å². The van der Waals surface area contributed by atoms with Crippen LogP contribution < -0.4 is 0 Å². The molecule has 6 heteroatoms. The van der Waals surface area contributed by atoms with Crippen molar-refractivity contribution in [1.29, 1.82) is 0 Å². The molecule has 0 aliphatic heterocycles. The summed E-state index contributed by atoms with van der Waals surface area (Å²) >= 11 is 0. The first-order valence-corrected chi connectivity index (χ1v) is 28.3. The topological polar surface area (TPSA) is 78.9 Å². The van der Waals surface area contributed by atoms with Crippen molar-refractivity contribution in [2.45, 2.75) is 290 Å². The summed E-state index contributed by atoms with van der Waals surface area (Å²) in [5.41, 5.74) is 0. The van der Waals surface area contributed by atoms with E-state index in [1.54, 1.807) is 0 Å². The number of hydrogen-bond donors (Lipinski definition) is 0. The van der Waals surface area contributed by atoms with E-state index in [1.807, 2.05) is 0 Å². The number of rotatable bonds is 51. The van der Waals surface area contributed by atoms with E-state index in [2.05, 4.69) is 81.5 Å². The lowest BCUT2D eigenvalue weighted by Crippen LogP contribution is -2.30. The Balaban J connectivity index is 4.43. The molecule has 0 spiro atoms. The molecule has 0 radical (unpaired) electrons. The third kappa shape index (κ3) is 52.1. The van der Waals surface area contributed by atoms with Gasteiger partial charge in [0.25, 0.3) is 0 Å². The van der Waals surface area contributed by atoms with Crippen LogP contribution in [0.1, 0.15) is 284 Å². The first kappa shape index (κ1) is 63.1. The molecule has 1 atom stereocenters. The zero-order valence-corrected chi connectivity index (χ0v) is 43.7. The van der Waals surface area contributed by atoms with Crippen LogP contribution in [0, 0.1) is 0 Å². The summed E-state index contributed by atoms with van der Waals surface area (Å²) in [4.78, 5) is 38.1. The second-order valence-corrected chi connectivity index (χ2v) is 18.8. The van der Waals surface area contributed by atoms with Crippen molar-refractivity contribution in [2.24, 2.45) is 0 Å². The summed E-state index contributed by atoms with van der Waals surface area (Å²) in [5.74, 6) is -0.912. The maximum Gasteiger partial charge on any atom is 0.306 e. The molecule has 382 valence electrons. The molecule has 0 amide bonds. The average Bonchev–Trinajstić information content (AvgIpc) is 3.31. The van der Waals surface area contributed by atoms with Gasteiger partial charge in [0.1, 0.15) is 13.2 Å². The molecular formula is C60H106O6. The van der Waals surface area contributed by atoms with Crippen LogP contribution in [0.5, 0.6) is 0 Å². The number of esters is 3. The standard InChI is InChI=1S/C60H106O6/c1-4-7-10-13-16-19-22-25-28-30-32-35-38-41-44-47-50-53-59(62)65-56-57(55-64-58(61)52-49-46-43-40-37-34-27-24-21-18-15-12-9-6-3)66-60(63)54-51-48-45-42-39-36-33-31-29-26-23-20-17-14-11-8-5-2/h16,19,24-29,32,35,57H,4-15,17-18,20-23,30-31,33-34,36-56H2,1-3H3/b19-16+,27-24+,28-25+,29-26+,35-32+/t57-/m1/s1. The van der Waals surface area contributed by atoms with Crippen molar-refractivity contribution in [2.75, 3.05) is 13.2 Å². The number of carbonyl (C=O) groups is 3. The van der Waals surface area contributed by atoms with E-state index in [9.17, 15) is 14.4 Å². The molecule has 0 saturated carbocycles. The van der Waals surface area contributed by atoms with Crippen LogP contribution in [0.15, 0.2) is 60.8 Å². The van der Waals surface area contributed by atoms with Crippen LogP contribution in [-0.4, -0.2) is 37.2 Å². The molecular weight excluding hydrogens is 817 g/mol. The highest BCUT2D eigenvalue weighted by molar-refractivity contribution is 5.71. The molecule has 0 unspecified atom stereocenters. The summed E-state index contributed by atoms with van der Waals surface area (Å²) < 4.78 is 16.8. The fourth-order valence-electron chi connectivity index (χ4n) is 7.91. The first-order valence-electron chi connectivity index (χ1n) is 28.3. The molecule has 0 aromatic rings. The summed E-state index contributed by atoms with van der Waals surface area (Å²) in [6.45, 7) is 6.59. The molecule has 0 rings (SSSR count). The van der Waals surface area contributed by atoms with E-state index in [4.69, 9.17) is 14.2 Å². The maximum absolute atomic E-state index is 12.8. The third-order valence-corrected chi connectivity index (χ3v) is 12.2. The van der Waals surface area contributed by atoms with Gasteiger partial charge in [-0.15, -0.1) is 0 Å². The Morgan fingerprint density at radius 1 is 0.303 bits per heavy atom. The molecule has 0 aliphatic rings. The van der Waals surface area contributed by atoms with Gasteiger partial charge in [-0.2, -0.15) is 0 Å². The molecule has 66 heavy (non-hydrogen) atoms. The monoisotopic (exact) mass is 923 g/mol. The van der Waals surface area contributed by atoms with E-state index in [0.29, 0.717) is 19.3 Å². The number of unbranched alkanes of at least 4 members (excludes halogenated alkanes) is 30. The van der Waals surface area contributed by atoms with Gasteiger partial charge in [-0.1, -0.05) is 216 Å².